The van der Waals surface area contributed by atoms with E-state index in [4.69, 9.17) is 16.3 Å². The van der Waals surface area contributed by atoms with Crippen LogP contribution in [-0.4, -0.2) is 13.7 Å². The van der Waals surface area contributed by atoms with Crippen LogP contribution in [0.3, 0.4) is 0 Å². The third kappa shape index (κ3) is 3.51. The molecule has 0 radical (unpaired) electrons. The average Bonchev–Trinajstić information content (AvgIpc) is 2.29. The van der Waals surface area contributed by atoms with Crippen LogP contribution >= 0.6 is 11.6 Å². The zero-order valence-electron chi connectivity index (χ0n) is 9.34. The average molecular weight is 244 g/mol. The molecule has 0 saturated carbocycles. The minimum atomic E-state index is -0.308. The van der Waals surface area contributed by atoms with Gasteiger partial charge in [0.25, 0.3) is 0 Å². The van der Waals surface area contributed by atoms with Crippen LogP contribution in [0.15, 0.2) is 29.8 Å². The van der Waals surface area contributed by atoms with E-state index in [0.717, 1.165) is 5.56 Å². The Morgan fingerprint density at radius 2 is 2.31 bits per heavy atom. The SMILES string of the molecule is CNC(C)c1ccc(F)cc1OCC=CCl. The van der Waals surface area contributed by atoms with Crippen LogP contribution in [0.25, 0.3) is 0 Å². The molecule has 1 aromatic rings. The second-order valence-corrected chi connectivity index (χ2v) is 3.62. The zero-order chi connectivity index (χ0) is 12.0. The van der Waals surface area contributed by atoms with E-state index >= 15 is 0 Å². The lowest BCUT2D eigenvalue weighted by Gasteiger charge is -2.15. The number of nitrogens with one attached hydrogen (secondary N) is 1. The number of ether oxygens (including phenoxy) is 1. The predicted octanol–water partition coefficient (Wildman–Crippen LogP) is 3.24. The molecule has 1 aromatic carbocycles. The van der Waals surface area contributed by atoms with Crippen molar-refractivity contribution < 1.29 is 9.13 Å². The lowest BCUT2D eigenvalue weighted by molar-refractivity contribution is 0.352. The summed E-state index contributed by atoms with van der Waals surface area (Å²) in [5, 5.41) is 3.08. The fourth-order valence-electron chi connectivity index (χ4n) is 1.32. The molecule has 0 heterocycles. The Bertz CT molecular complexity index is 368. The molecule has 0 spiro atoms. The first-order valence-corrected chi connectivity index (χ1v) is 5.47. The third-order valence-electron chi connectivity index (χ3n) is 2.30. The topological polar surface area (TPSA) is 21.3 Å². The third-order valence-corrected chi connectivity index (χ3v) is 2.48. The van der Waals surface area contributed by atoms with Crippen LogP contribution < -0.4 is 10.1 Å². The van der Waals surface area contributed by atoms with Gasteiger partial charge in [0.15, 0.2) is 0 Å². The summed E-state index contributed by atoms with van der Waals surface area (Å²) in [6.45, 7) is 2.31. The van der Waals surface area contributed by atoms with Gasteiger partial charge in [-0.25, -0.2) is 4.39 Å². The van der Waals surface area contributed by atoms with Gasteiger partial charge in [0.1, 0.15) is 18.2 Å². The minimum absolute atomic E-state index is 0.107. The minimum Gasteiger partial charge on any atom is -0.489 e. The Morgan fingerprint density at radius 1 is 1.56 bits per heavy atom. The van der Waals surface area contributed by atoms with Gasteiger partial charge in [-0.05, 0) is 26.1 Å². The molecule has 88 valence electrons. The van der Waals surface area contributed by atoms with E-state index in [0.29, 0.717) is 12.4 Å². The summed E-state index contributed by atoms with van der Waals surface area (Å²) < 4.78 is 18.5. The van der Waals surface area contributed by atoms with E-state index in [1.807, 2.05) is 14.0 Å². The number of hydrogen-bond acceptors (Lipinski definition) is 2. The molecule has 1 unspecified atom stereocenters. The quantitative estimate of drug-likeness (QED) is 0.857. The normalized spacial score (nSPS) is 13.0. The fraction of sp³-hybridized carbons (Fsp3) is 0.333. The van der Waals surface area contributed by atoms with Crippen LogP contribution in [0.1, 0.15) is 18.5 Å². The highest BCUT2D eigenvalue weighted by molar-refractivity contribution is 6.25. The van der Waals surface area contributed by atoms with Crippen molar-refractivity contribution in [3.63, 3.8) is 0 Å². The standard InChI is InChI=1S/C12H15ClFNO/c1-9(15-2)11-5-4-10(14)8-12(11)16-7-3-6-13/h3-6,8-9,15H,7H2,1-2H3. The van der Waals surface area contributed by atoms with Gasteiger partial charge in [0, 0.05) is 23.2 Å². The second kappa shape index (κ2) is 6.51. The van der Waals surface area contributed by atoms with Crippen LogP contribution in [0.2, 0.25) is 0 Å². The van der Waals surface area contributed by atoms with Gasteiger partial charge in [-0.15, -0.1) is 0 Å². The summed E-state index contributed by atoms with van der Waals surface area (Å²) >= 11 is 5.38. The zero-order valence-corrected chi connectivity index (χ0v) is 10.1. The Balaban J connectivity index is 2.89. The Labute approximate surface area is 100 Å². The molecule has 0 aromatic heterocycles. The molecular weight excluding hydrogens is 229 g/mol. The van der Waals surface area contributed by atoms with Crippen LogP contribution in [0, 0.1) is 5.82 Å². The molecule has 16 heavy (non-hydrogen) atoms. The lowest BCUT2D eigenvalue weighted by Crippen LogP contribution is -2.14. The van der Waals surface area contributed by atoms with Crippen molar-refractivity contribution in [2.75, 3.05) is 13.7 Å². The fourth-order valence-corrected chi connectivity index (χ4v) is 1.39. The van der Waals surface area contributed by atoms with E-state index < -0.39 is 0 Å². The molecule has 0 aliphatic heterocycles. The van der Waals surface area contributed by atoms with E-state index in [2.05, 4.69) is 5.32 Å². The maximum absolute atomic E-state index is 13.1. The van der Waals surface area contributed by atoms with Crippen molar-refractivity contribution in [2.45, 2.75) is 13.0 Å². The maximum atomic E-state index is 13.1. The molecule has 1 rings (SSSR count). The summed E-state index contributed by atoms with van der Waals surface area (Å²) in [6.07, 6.45) is 1.65. The predicted molar refractivity (Wildman–Crippen MR) is 64.4 cm³/mol. The van der Waals surface area contributed by atoms with Crippen molar-refractivity contribution in [2.24, 2.45) is 0 Å². The summed E-state index contributed by atoms with van der Waals surface area (Å²) in [6, 6.07) is 4.63. The first-order valence-electron chi connectivity index (χ1n) is 5.03. The molecule has 0 aliphatic carbocycles. The first kappa shape index (κ1) is 13.0. The summed E-state index contributed by atoms with van der Waals surface area (Å²) in [5.41, 5.74) is 2.30. The van der Waals surface area contributed by atoms with Crippen LogP contribution in [-0.2, 0) is 0 Å². The van der Waals surface area contributed by atoms with Gasteiger partial charge < -0.3 is 10.1 Å². The van der Waals surface area contributed by atoms with E-state index in [-0.39, 0.29) is 11.9 Å². The molecule has 1 atom stereocenters. The van der Waals surface area contributed by atoms with Gasteiger partial charge in [0.2, 0.25) is 0 Å². The van der Waals surface area contributed by atoms with Crippen molar-refractivity contribution >= 4 is 11.6 Å². The van der Waals surface area contributed by atoms with Gasteiger partial charge >= 0.3 is 0 Å². The molecule has 0 fully saturated rings. The molecule has 0 amide bonds. The van der Waals surface area contributed by atoms with Crippen molar-refractivity contribution in [1.29, 1.82) is 0 Å². The van der Waals surface area contributed by atoms with Crippen molar-refractivity contribution in [1.82, 2.24) is 5.32 Å². The molecule has 4 heteroatoms. The number of rotatable bonds is 5. The van der Waals surface area contributed by atoms with Gasteiger partial charge in [-0.2, -0.15) is 0 Å². The highest BCUT2D eigenvalue weighted by Crippen LogP contribution is 2.25. The molecule has 0 bridgehead atoms. The van der Waals surface area contributed by atoms with Crippen LogP contribution in [0.5, 0.6) is 5.75 Å². The highest BCUT2D eigenvalue weighted by Gasteiger charge is 2.10. The molecule has 2 nitrogen and oxygen atoms in total. The monoisotopic (exact) mass is 243 g/mol. The van der Waals surface area contributed by atoms with Gasteiger partial charge in [0.05, 0.1) is 0 Å². The molecule has 1 N–H and O–H groups in total. The van der Waals surface area contributed by atoms with Gasteiger partial charge in [-0.3, -0.25) is 0 Å². The van der Waals surface area contributed by atoms with E-state index in [1.165, 1.54) is 17.7 Å². The highest BCUT2D eigenvalue weighted by atomic mass is 35.5. The Morgan fingerprint density at radius 3 is 2.94 bits per heavy atom. The summed E-state index contributed by atoms with van der Waals surface area (Å²) in [7, 11) is 1.84. The molecule has 0 saturated heterocycles. The second-order valence-electron chi connectivity index (χ2n) is 3.37. The lowest BCUT2D eigenvalue weighted by atomic mass is 10.1. The smallest absolute Gasteiger partial charge is 0.127 e. The number of benzene rings is 1. The summed E-state index contributed by atoms with van der Waals surface area (Å²) in [5.74, 6) is 0.230. The number of hydrogen-bond donors (Lipinski definition) is 1. The maximum Gasteiger partial charge on any atom is 0.127 e. The van der Waals surface area contributed by atoms with E-state index in [9.17, 15) is 4.39 Å². The summed E-state index contributed by atoms with van der Waals surface area (Å²) in [4.78, 5) is 0. The molecular formula is C12H15ClFNO. The van der Waals surface area contributed by atoms with Crippen LogP contribution in [0.4, 0.5) is 4.39 Å². The van der Waals surface area contributed by atoms with Crippen molar-refractivity contribution in [3.8, 4) is 5.75 Å². The number of halogens is 2. The molecule has 0 aliphatic rings. The van der Waals surface area contributed by atoms with Crippen molar-refractivity contribution in [3.05, 3.63) is 41.2 Å². The van der Waals surface area contributed by atoms with Gasteiger partial charge in [-0.1, -0.05) is 17.7 Å². The largest absolute Gasteiger partial charge is 0.489 e. The Hall–Kier alpha value is -1.06. The Kier molecular flexibility index (Phi) is 5.29. The van der Waals surface area contributed by atoms with E-state index in [1.54, 1.807) is 12.1 Å². The first-order chi connectivity index (χ1) is 7.69.